The largest absolute Gasteiger partial charge is 0.435 e. The highest BCUT2D eigenvalue weighted by Gasteiger charge is 2.47. The van der Waals surface area contributed by atoms with Gasteiger partial charge in [0, 0.05) is 19.6 Å². The van der Waals surface area contributed by atoms with Crippen molar-refractivity contribution in [1.29, 1.82) is 0 Å². The van der Waals surface area contributed by atoms with Gasteiger partial charge in [0.25, 0.3) is 0 Å². The Kier molecular flexibility index (Phi) is 8.16. The van der Waals surface area contributed by atoms with Crippen LogP contribution >= 0.6 is 0 Å². The Labute approximate surface area is 161 Å². The number of carbonyl (C=O) groups is 1. The summed E-state index contributed by atoms with van der Waals surface area (Å²) < 4.78 is 17.7. The highest BCUT2D eigenvalue weighted by Crippen LogP contribution is 2.45. The maximum atomic E-state index is 13.3. The lowest BCUT2D eigenvalue weighted by Crippen LogP contribution is -2.45. The minimum atomic E-state index is -0.545. The molecule has 1 aliphatic rings. The molecule has 1 fully saturated rings. The molecular formula is C22H42O4. The molecule has 0 spiro atoms. The Morgan fingerprint density at radius 2 is 1.54 bits per heavy atom. The second-order valence-corrected chi connectivity index (χ2v) is 10.7. The lowest BCUT2D eigenvalue weighted by molar-refractivity contribution is -0.217. The molecule has 0 aliphatic carbocycles. The molecule has 1 heterocycles. The fourth-order valence-electron chi connectivity index (χ4n) is 3.41. The average Bonchev–Trinajstić information content (AvgIpc) is 2.44. The van der Waals surface area contributed by atoms with Crippen LogP contribution < -0.4 is 0 Å². The summed E-state index contributed by atoms with van der Waals surface area (Å²) in [6, 6.07) is 0. The zero-order valence-electron chi connectivity index (χ0n) is 18.6. The Morgan fingerprint density at radius 3 is 1.96 bits per heavy atom. The van der Waals surface area contributed by atoms with Crippen LogP contribution in [-0.4, -0.2) is 31.6 Å². The molecule has 4 heteroatoms. The van der Waals surface area contributed by atoms with E-state index in [0.717, 1.165) is 19.3 Å². The minimum absolute atomic E-state index is 0.0201. The smallest absolute Gasteiger partial charge is 0.314 e. The SMILES string of the molecule is CC(C)CC(C)(C(=O)OC(CC(C)(C)C)OC1CCOCC1)C(C)(C)C. The Morgan fingerprint density at radius 1 is 1.00 bits per heavy atom. The number of rotatable bonds is 7. The van der Waals surface area contributed by atoms with Crippen molar-refractivity contribution in [1.82, 2.24) is 0 Å². The van der Waals surface area contributed by atoms with Crippen molar-refractivity contribution in [2.24, 2.45) is 22.2 Å². The van der Waals surface area contributed by atoms with Gasteiger partial charge in [-0.3, -0.25) is 4.79 Å². The van der Waals surface area contributed by atoms with Gasteiger partial charge in [-0.1, -0.05) is 55.4 Å². The number of ether oxygens (including phenoxy) is 3. The Bertz CT molecular complexity index is 438. The molecule has 0 aromatic carbocycles. The number of esters is 1. The average molecular weight is 371 g/mol. The van der Waals surface area contributed by atoms with E-state index in [0.29, 0.717) is 25.6 Å². The molecule has 0 amide bonds. The maximum Gasteiger partial charge on any atom is 0.314 e. The molecule has 0 N–H and O–H groups in total. The number of hydrogen-bond acceptors (Lipinski definition) is 4. The van der Waals surface area contributed by atoms with Gasteiger partial charge in [-0.15, -0.1) is 0 Å². The van der Waals surface area contributed by atoms with Crippen LogP contribution in [0.1, 0.15) is 88.0 Å². The van der Waals surface area contributed by atoms with E-state index >= 15 is 0 Å². The molecule has 0 saturated carbocycles. The molecule has 0 bridgehead atoms. The summed E-state index contributed by atoms with van der Waals surface area (Å²) in [5.41, 5.74) is -0.706. The van der Waals surface area contributed by atoms with Gasteiger partial charge in [-0.05, 0) is 42.9 Å². The molecule has 4 nitrogen and oxygen atoms in total. The molecule has 1 saturated heterocycles. The molecule has 0 aromatic heterocycles. The quantitative estimate of drug-likeness (QED) is 0.433. The van der Waals surface area contributed by atoms with Gasteiger partial charge in [0.1, 0.15) is 0 Å². The molecule has 26 heavy (non-hydrogen) atoms. The zero-order chi connectivity index (χ0) is 20.2. The maximum absolute atomic E-state index is 13.3. The third-order valence-corrected chi connectivity index (χ3v) is 5.45. The lowest BCUT2D eigenvalue weighted by Gasteiger charge is -2.42. The van der Waals surface area contributed by atoms with Gasteiger partial charge in [-0.25, -0.2) is 0 Å². The van der Waals surface area contributed by atoms with Crippen LogP contribution in [-0.2, 0) is 19.0 Å². The van der Waals surface area contributed by atoms with Crippen LogP contribution in [0.15, 0.2) is 0 Å². The normalized spacial score (nSPS) is 20.7. The minimum Gasteiger partial charge on any atom is -0.435 e. The molecule has 154 valence electrons. The first kappa shape index (κ1) is 23.4. The first-order chi connectivity index (χ1) is 11.7. The second-order valence-electron chi connectivity index (χ2n) is 10.7. The summed E-state index contributed by atoms with van der Waals surface area (Å²) in [6.07, 6.45) is 2.82. The van der Waals surface area contributed by atoms with E-state index in [1.165, 1.54) is 0 Å². The summed E-state index contributed by atoms with van der Waals surface area (Å²) in [6.45, 7) is 20.6. The van der Waals surface area contributed by atoms with Crippen molar-refractivity contribution in [3.63, 3.8) is 0 Å². The lowest BCUT2D eigenvalue weighted by atomic mass is 9.64. The third-order valence-electron chi connectivity index (χ3n) is 5.45. The molecule has 2 unspecified atom stereocenters. The summed E-state index contributed by atoms with van der Waals surface area (Å²) in [4.78, 5) is 13.3. The van der Waals surface area contributed by atoms with Gasteiger partial charge in [-0.2, -0.15) is 0 Å². The van der Waals surface area contributed by atoms with Gasteiger partial charge in [0.05, 0.1) is 11.5 Å². The van der Waals surface area contributed by atoms with E-state index < -0.39 is 11.7 Å². The van der Waals surface area contributed by atoms with E-state index in [9.17, 15) is 4.79 Å². The van der Waals surface area contributed by atoms with Crippen LogP contribution in [0.2, 0.25) is 0 Å². The standard InChI is InChI=1S/C22H42O4/c1-16(2)14-22(9,21(6,7)8)19(23)26-18(15-20(3,4)5)25-17-10-12-24-13-11-17/h16-18H,10-15H2,1-9H3. The number of hydrogen-bond donors (Lipinski definition) is 0. The predicted octanol–water partition coefficient (Wildman–Crippen LogP) is 5.59. The zero-order valence-corrected chi connectivity index (χ0v) is 18.6. The molecule has 1 rings (SSSR count). The monoisotopic (exact) mass is 370 g/mol. The van der Waals surface area contributed by atoms with E-state index in [1.807, 2.05) is 6.92 Å². The highest BCUT2D eigenvalue weighted by atomic mass is 16.7. The van der Waals surface area contributed by atoms with E-state index in [1.54, 1.807) is 0 Å². The van der Waals surface area contributed by atoms with Crippen molar-refractivity contribution < 1.29 is 19.0 Å². The molecule has 2 atom stereocenters. The first-order valence-electron chi connectivity index (χ1n) is 10.2. The van der Waals surface area contributed by atoms with Gasteiger partial charge < -0.3 is 14.2 Å². The van der Waals surface area contributed by atoms with E-state index in [4.69, 9.17) is 14.2 Å². The van der Waals surface area contributed by atoms with Gasteiger partial charge >= 0.3 is 5.97 Å². The predicted molar refractivity (Wildman–Crippen MR) is 106 cm³/mol. The van der Waals surface area contributed by atoms with E-state index in [-0.39, 0.29) is 22.9 Å². The summed E-state index contributed by atoms with van der Waals surface area (Å²) in [7, 11) is 0. The summed E-state index contributed by atoms with van der Waals surface area (Å²) in [5.74, 6) is 0.282. The number of carbonyl (C=O) groups excluding carboxylic acids is 1. The van der Waals surface area contributed by atoms with Crippen LogP contribution in [0.4, 0.5) is 0 Å². The Hall–Kier alpha value is -0.610. The van der Waals surface area contributed by atoms with Crippen LogP contribution in [0, 0.1) is 22.2 Å². The second kappa shape index (κ2) is 9.05. The van der Waals surface area contributed by atoms with Gasteiger partial charge in [0.2, 0.25) is 6.29 Å². The van der Waals surface area contributed by atoms with Crippen molar-refractivity contribution in [3.8, 4) is 0 Å². The first-order valence-corrected chi connectivity index (χ1v) is 10.2. The fraction of sp³-hybridized carbons (Fsp3) is 0.955. The molecule has 1 aliphatic heterocycles. The van der Waals surface area contributed by atoms with Crippen molar-refractivity contribution in [2.75, 3.05) is 13.2 Å². The van der Waals surface area contributed by atoms with Crippen molar-refractivity contribution in [3.05, 3.63) is 0 Å². The topological polar surface area (TPSA) is 44.8 Å². The van der Waals surface area contributed by atoms with Crippen LogP contribution in [0.5, 0.6) is 0 Å². The van der Waals surface area contributed by atoms with Crippen molar-refractivity contribution >= 4 is 5.97 Å². The highest BCUT2D eigenvalue weighted by molar-refractivity contribution is 5.77. The third kappa shape index (κ3) is 7.19. The Balaban J connectivity index is 2.93. The molecule has 0 aromatic rings. The molecule has 0 radical (unpaired) electrons. The molecular weight excluding hydrogens is 328 g/mol. The summed E-state index contributed by atoms with van der Waals surface area (Å²) >= 11 is 0. The summed E-state index contributed by atoms with van der Waals surface area (Å²) in [5, 5.41) is 0. The van der Waals surface area contributed by atoms with Crippen LogP contribution in [0.3, 0.4) is 0 Å². The fourth-order valence-corrected chi connectivity index (χ4v) is 3.41. The van der Waals surface area contributed by atoms with Crippen molar-refractivity contribution in [2.45, 2.75) is 100 Å². The van der Waals surface area contributed by atoms with Gasteiger partial charge in [0.15, 0.2) is 0 Å². The van der Waals surface area contributed by atoms with E-state index in [2.05, 4.69) is 55.4 Å². The van der Waals surface area contributed by atoms with Crippen LogP contribution in [0.25, 0.3) is 0 Å².